The molecule has 0 amide bonds. The summed E-state index contributed by atoms with van der Waals surface area (Å²) in [6.45, 7) is 4.71. The second-order valence-electron chi connectivity index (χ2n) is 14.6. The first kappa shape index (κ1) is 32.3. The molecule has 0 unspecified atom stereocenters. The lowest BCUT2D eigenvalue weighted by atomic mass is 9.75. The van der Waals surface area contributed by atoms with Gasteiger partial charge in [-0.3, -0.25) is 0 Å². The summed E-state index contributed by atoms with van der Waals surface area (Å²) >= 11 is 1.84. The van der Waals surface area contributed by atoms with Crippen LogP contribution in [0.5, 0.6) is 0 Å². The van der Waals surface area contributed by atoms with Crippen LogP contribution in [-0.2, 0) is 5.41 Å². The number of hydrogen-bond acceptors (Lipinski definition) is 3. The Labute approximate surface area is 318 Å². The molecule has 0 N–H and O–H groups in total. The Balaban J connectivity index is 0.00000361. The highest BCUT2D eigenvalue weighted by atomic mass is 32.1. The van der Waals surface area contributed by atoms with Crippen molar-refractivity contribution in [2.45, 2.75) is 26.7 Å². The van der Waals surface area contributed by atoms with E-state index in [1.54, 1.807) is 0 Å². The van der Waals surface area contributed by atoms with Gasteiger partial charge in [-0.05, 0) is 76.9 Å². The highest BCUT2D eigenvalue weighted by Gasteiger charge is 2.34. The molecule has 0 aliphatic carbocycles. The standard InChI is InChI=1S/C49H33N3S.CH4/c1-49(2)39-17-9-10-19-44(39)52-43-23-20-32(26-36(43)35-16-11-18-40(49)47(35)52)33-21-24-45-37(27-33)38-28-34(22-25-46(38)53-45)48-50-41(30-12-5-3-6-13-30)29-42(51-48)31-14-7-4-8-15-31;/h3-29H,1-2H3;1H4. The molecule has 0 saturated carbocycles. The molecule has 258 valence electrons. The minimum absolute atomic E-state index is 0. The number of thiophene rings is 1. The van der Waals surface area contributed by atoms with Crippen LogP contribution in [0.25, 0.3) is 92.7 Å². The van der Waals surface area contributed by atoms with Gasteiger partial charge >= 0.3 is 0 Å². The first-order chi connectivity index (χ1) is 26.0. The topological polar surface area (TPSA) is 30.7 Å². The lowest BCUT2D eigenvalue weighted by molar-refractivity contribution is 0.630. The number of fused-ring (bicyclic) bond motifs is 8. The van der Waals surface area contributed by atoms with Gasteiger partial charge in [0, 0.05) is 53.1 Å². The van der Waals surface area contributed by atoms with Crippen molar-refractivity contribution < 1.29 is 0 Å². The third-order valence-electron chi connectivity index (χ3n) is 11.2. The van der Waals surface area contributed by atoms with E-state index in [1.807, 2.05) is 23.5 Å². The molecule has 0 fully saturated rings. The van der Waals surface area contributed by atoms with E-state index in [4.69, 9.17) is 9.97 Å². The van der Waals surface area contributed by atoms with Crippen LogP contribution in [0.15, 0.2) is 164 Å². The van der Waals surface area contributed by atoms with Crippen molar-refractivity contribution in [3.63, 3.8) is 0 Å². The molecule has 7 aromatic carbocycles. The normalized spacial score (nSPS) is 13.0. The Morgan fingerprint density at radius 3 is 1.70 bits per heavy atom. The van der Waals surface area contributed by atoms with E-state index in [1.165, 1.54) is 69.9 Å². The van der Waals surface area contributed by atoms with Crippen molar-refractivity contribution in [3.05, 3.63) is 175 Å². The van der Waals surface area contributed by atoms with Gasteiger partial charge in [-0.15, -0.1) is 11.3 Å². The molecule has 3 nitrogen and oxygen atoms in total. The zero-order valence-electron chi connectivity index (χ0n) is 29.3. The zero-order chi connectivity index (χ0) is 35.3. The molecule has 1 aliphatic rings. The molecular formula is C50H37N3S. The van der Waals surface area contributed by atoms with Gasteiger partial charge in [-0.2, -0.15) is 0 Å². The van der Waals surface area contributed by atoms with Crippen LogP contribution >= 0.6 is 11.3 Å². The molecular weight excluding hydrogens is 675 g/mol. The number of hydrogen-bond donors (Lipinski definition) is 0. The molecule has 4 heteroatoms. The largest absolute Gasteiger partial charge is 0.309 e. The predicted molar refractivity (Wildman–Crippen MR) is 230 cm³/mol. The number of benzene rings is 7. The van der Waals surface area contributed by atoms with Gasteiger partial charge in [0.1, 0.15) is 0 Å². The van der Waals surface area contributed by atoms with Crippen molar-refractivity contribution >= 4 is 53.3 Å². The van der Waals surface area contributed by atoms with E-state index in [0.29, 0.717) is 0 Å². The summed E-state index contributed by atoms with van der Waals surface area (Å²) in [6, 6.07) is 59.2. The summed E-state index contributed by atoms with van der Waals surface area (Å²) in [7, 11) is 0. The summed E-state index contributed by atoms with van der Waals surface area (Å²) < 4.78 is 5.02. The second-order valence-corrected chi connectivity index (χ2v) is 15.7. The molecule has 3 aromatic heterocycles. The van der Waals surface area contributed by atoms with Crippen LogP contribution in [0, 0.1) is 0 Å². The first-order valence-corrected chi connectivity index (χ1v) is 19.0. The van der Waals surface area contributed by atoms with E-state index in [2.05, 4.69) is 170 Å². The Kier molecular flexibility index (Phi) is 7.23. The van der Waals surface area contributed by atoms with Gasteiger partial charge in [0.2, 0.25) is 0 Å². The highest BCUT2D eigenvalue weighted by molar-refractivity contribution is 7.25. The average molecular weight is 712 g/mol. The number of para-hydroxylation sites is 2. The maximum atomic E-state index is 5.12. The molecule has 54 heavy (non-hydrogen) atoms. The highest BCUT2D eigenvalue weighted by Crippen LogP contribution is 2.48. The summed E-state index contributed by atoms with van der Waals surface area (Å²) in [5.41, 5.74) is 13.9. The minimum Gasteiger partial charge on any atom is -0.309 e. The molecule has 1 aliphatic heterocycles. The van der Waals surface area contributed by atoms with Crippen molar-refractivity contribution in [1.82, 2.24) is 14.5 Å². The number of aromatic nitrogens is 3. The lowest BCUT2D eigenvalue weighted by Gasteiger charge is -2.34. The monoisotopic (exact) mass is 711 g/mol. The summed E-state index contributed by atoms with van der Waals surface area (Å²) in [4.78, 5) is 10.2. The quantitative estimate of drug-likeness (QED) is 0.182. The molecule has 10 aromatic rings. The smallest absolute Gasteiger partial charge is 0.160 e. The van der Waals surface area contributed by atoms with Gasteiger partial charge in [0.05, 0.1) is 28.1 Å². The van der Waals surface area contributed by atoms with Crippen molar-refractivity contribution in [1.29, 1.82) is 0 Å². The lowest BCUT2D eigenvalue weighted by Crippen LogP contribution is -2.26. The van der Waals surface area contributed by atoms with Gasteiger partial charge in [0.25, 0.3) is 0 Å². The Morgan fingerprint density at radius 2 is 1.02 bits per heavy atom. The number of rotatable bonds is 4. The van der Waals surface area contributed by atoms with Crippen molar-refractivity contribution in [2.24, 2.45) is 0 Å². The van der Waals surface area contributed by atoms with Gasteiger partial charge in [-0.25, -0.2) is 9.97 Å². The second kappa shape index (κ2) is 12.1. The molecule has 0 radical (unpaired) electrons. The van der Waals surface area contributed by atoms with Crippen LogP contribution in [0.2, 0.25) is 0 Å². The Hall–Kier alpha value is -6.36. The third-order valence-corrected chi connectivity index (χ3v) is 12.4. The van der Waals surface area contributed by atoms with Crippen molar-refractivity contribution in [2.75, 3.05) is 0 Å². The van der Waals surface area contributed by atoms with Crippen molar-refractivity contribution in [3.8, 4) is 50.7 Å². The fourth-order valence-electron chi connectivity index (χ4n) is 8.53. The SMILES string of the molecule is C.CC1(C)c2ccccc2-n2c3ccc(-c4ccc5sc6ccc(-c7nc(-c8ccccc8)cc(-c8ccccc8)n7)cc6c5c4)cc3c3cccc1c32. The Bertz CT molecular complexity index is 3020. The average Bonchev–Trinajstić information content (AvgIpc) is 3.75. The maximum absolute atomic E-state index is 5.12. The molecule has 0 atom stereocenters. The molecule has 0 saturated heterocycles. The minimum atomic E-state index is -0.0791. The maximum Gasteiger partial charge on any atom is 0.160 e. The van der Waals surface area contributed by atoms with Crippen LogP contribution in [0.4, 0.5) is 0 Å². The van der Waals surface area contributed by atoms with Gasteiger partial charge in [-0.1, -0.05) is 130 Å². The predicted octanol–water partition coefficient (Wildman–Crippen LogP) is 13.9. The Morgan fingerprint density at radius 1 is 0.463 bits per heavy atom. The molecule has 0 spiro atoms. The van der Waals surface area contributed by atoms with Crippen LogP contribution in [-0.4, -0.2) is 14.5 Å². The summed E-state index contributed by atoms with van der Waals surface area (Å²) in [5, 5.41) is 5.08. The summed E-state index contributed by atoms with van der Waals surface area (Å²) in [6.07, 6.45) is 0. The van der Waals surface area contributed by atoms with E-state index in [-0.39, 0.29) is 12.8 Å². The van der Waals surface area contributed by atoms with E-state index >= 15 is 0 Å². The fraction of sp³-hybridized carbons (Fsp3) is 0.0800. The first-order valence-electron chi connectivity index (χ1n) is 18.2. The van der Waals surface area contributed by atoms with E-state index < -0.39 is 0 Å². The van der Waals surface area contributed by atoms with E-state index in [9.17, 15) is 0 Å². The van der Waals surface area contributed by atoms with Gasteiger partial charge in [0.15, 0.2) is 5.82 Å². The van der Waals surface area contributed by atoms with Crippen LogP contribution in [0.3, 0.4) is 0 Å². The molecule has 11 rings (SSSR count). The fourth-order valence-corrected chi connectivity index (χ4v) is 9.60. The summed E-state index contributed by atoms with van der Waals surface area (Å²) in [5.74, 6) is 0.728. The van der Waals surface area contributed by atoms with E-state index in [0.717, 1.165) is 33.9 Å². The molecule has 0 bridgehead atoms. The third kappa shape index (κ3) is 4.80. The number of nitrogens with zero attached hydrogens (tertiary/aromatic N) is 3. The zero-order valence-corrected chi connectivity index (χ0v) is 30.2. The van der Waals surface area contributed by atoms with Gasteiger partial charge < -0.3 is 4.57 Å². The van der Waals surface area contributed by atoms with Crippen LogP contribution < -0.4 is 0 Å². The molecule has 4 heterocycles. The van der Waals surface area contributed by atoms with Crippen LogP contribution in [0.1, 0.15) is 32.4 Å².